The monoisotopic (exact) mass is 180 g/mol. The van der Waals surface area contributed by atoms with E-state index in [9.17, 15) is 9.90 Å². The topological polar surface area (TPSA) is 72.4 Å². The molecule has 1 aromatic rings. The molecule has 0 heterocycles. The molecule has 2 N–H and O–H groups in total. The van der Waals surface area contributed by atoms with Gasteiger partial charge in [0.05, 0.1) is 0 Å². The number of hydrogen-bond acceptors (Lipinski definition) is 3. The molecule has 0 aliphatic carbocycles. The summed E-state index contributed by atoms with van der Waals surface area (Å²) in [6.07, 6.45) is -0.673. The van der Waals surface area contributed by atoms with Gasteiger partial charge in [-0.25, -0.2) is 0 Å². The van der Waals surface area contributed by atoms with E-state index in [1.54, 1.807) is 24.3 Å². The van der Waals surface area contributed by atoms with Gasteiger partial charge in [-0.05, 0) is 24.1 Å². The largest absolute Gasteiger partial charge is 0.530 e. The molecular formula is C9H10NO3-. The van der Waals surface area contributed by atoms with E-state index in [-0.39, 0.29) is 5.75 Å². The van der Waals surface area contributed by atoms with E-state index >= 15 is 0 Å². The smallest absolute Gasteiger partial charge is 0.134 e. The van der Waals surface area contributed by atoms with Crippen LogP contribution < -0.4 is 10.4 Å². The summed E-state index contributed by atoms with van der Waals surface area (Å²) in [6, 6.07) is 6.61. The van der Waals surface area contributed by atoms with E-state index in [0.29, 0.717) is 13.0 Å². The normalized spacial score (nSPS) is 9.54. The number of carbonyl (C=O) groups excluding carboxylic acids is 1. The highest BCUT2D eigenvalue weighted by molar-refractivity contribution is 5.61. The van der Waals surface area contributed by atoms with Crippen molar-refractivity contribution in [2.75, 3.05) is 6.54 Å². The van der Waals surface area contributed by atoms with Crippen LogP contribution in [-0.4, -0.2) is 17.7 Å². The molecule has 1 amide bonds. The van der Waals surface area contributed by atoms with Crippen LogP contribution in [-0.2, 0) is 6.42 Å². The highest BCUT2D eigenvalue weighted by atomic mass is 16.4. The molecule has 0 bridgehead atoms. The molecule has 4 heteroatoms. The van der Waals surface area contributed by atoms with Crippen LogP contribution in [0.15, 0.2) is 24.3 Å². The van der Waals surface area contributed by atoms with Gasteiger partial charge in [-0.3, -0.25) is 0 Å². The molecule has 4 nitrogen and oxygen atoms in total. The maximum Gasteiger partial charge on any atom is 0.134 e. The Labute approximate surface area is 75.8 Å². The number of phenolic OH excluding ortho intramolecular Hbond substituents is 1. The molecule has 13 heavy (non-hydrogen) atoms. The first-order chi connectivity index (χ1) is 6.18. The van der Waals surface area contributed by atoms with Gasteiger partial charge in [-0.2, -0.15) is 0 Å². The van der Waals surface area contributed by atoms with E-state index in [4.69, 9.17) is 5.11 Å². The van der Waals surface area contributed by atoms with Crippen LogP contribution >= 0.6 is 0 Å². The van der Waals surface area contributed by atoms with E-state index in [0.717, 1.165) is 5.56 Å². The predicted octanol–water partition coefficient (Wildman–Crippen LogP) is -0.132. The lowest BCUT2D eigenvalue weighted by Crippen LogP contribution is -2.37. The first-order valence-corrected chi connectivity index (χ1v) is 3.91. The zero-order chi connectivity index (χ0) is 9.68. The van der Waals surface area contributed by atoms with Gasteiger partial charge in [0.15, 0.2) is 0 Å². The first-order valence-electron chi connectivity index (χ1n) is 3.91. The lowest BCUT2D eigenvalue weighted by atomic mass is 10.1. The van der Waals surface area contributed by atoms with Gasteiger partial charge >= 0.3 is 0 Å². The summed E-state index contributed by atoms with van der Waals surface area (Å²) in [5.41, 5.74) is 0.964. The standard InChI is InChI=1S/C9H11NO3/c11-8-3-1-7(2-4-8)5-6-10-9(12)13/h1-4,10-11H,5-6H2,(H,12,13)/p-1. The Morgan fingerprint density at radius 3 is 2.54 bits per heavy atom. The molecule has 0 aliphatic heterocycles. The van der Waals surface area contributed by atoms with Gasteiger partial charge in [-0.1, -0.05) is 12.1 Å². The molecule has 0 aliphatic rings. The Bertz CT molecular complexity index is 281. The fourth-order valence-corrected chi connectivity index (χ4v) is 0.972. The fraction of sp³-hybridized carbons (Fsp3) is 0.222. The number of aromatic hydroxyl groups is 1. The van der Waals surface area contributed by atoms with Crippen LogP contribution in [0.25, 0.3) is 0 Å². The lowest BCUT2D eigenvalue weighted by Gasteiger charge is -2.05. The molecule has 0 spiro atoms. The molecule has 0 radical (unpaired) electrons. The lowest BCUT2D eigenvalue weighted by molar-refractivity contribution is -0.250. The van der Waals surface area contributed by atoms with Gasteiger partial charge in [0, 0.05) is 6.54 Å². The number of nitrogens with one attached hydrogen (secondary N) is 1. The zero-order valence-electron chi connectivity index (χ0n) is 6.99. The number of benzene rings is 1. The highest BCUT2D eigenvalue weighted by Crippen LogP contribution is 2.09. The van der Waals surface area contributed by atoms with Crippen molar-refractivity contribution in [3.05, 3.63) is 29.8 Å². The minimum absolute atomic E-state index is 0.205. The number of phenols is 1. The summed E-state index contributed by atoms with van der Waals surface area (Å²) in [7, 11) is 0. The van der Waals surface area contributed by atoms with Crippen molar-refractivity contribution >= 4 is 6.09 Å². The molecule has 0 aromatic heterocycles. The Hall–Kier alpha value is -1.71. The van der Waals surface area contributed by atoms with E-state index < -0.39 is 6.09 Å². The molecule has 1 aromatic carbocycles. The average Bonchev–Trinajstić information content (AvgIpc) is 2.08. The summed E-state index contributed by atoms with van der Waals surface area (Å²) < 4.78 is 0. The number of hydrogen-bond donors (Lipinski definition) is 2. The molecule has 0 atom stereocenters. The number of rotatable bonds is 3. The number of carboxylic acid groups (broad SMARTS) is 1. The van der Waals surface area contributed by atoms with E-state index in [2.05, 4.69) is 5.32 Å². The van der Waals surface area contributed by atoms with Crippen molar-refractivity contribution in [1.82, 2.24) is 5.32 Å². The molecular weight excluding hydrogens is 170 g/mol. The average molecular weight is 180 g/mol. The third-order valence-corrected chi connectivity index (χ3v) is 1.62. The van der Waals surface area contributed by atoms with Gasteiger partial charge in [-0.15, -0.1) is 0 Å². The minimum Gasteiger partial charge on any atom is -0.530 e. The fourth-order valence-electron chi connectivity index (χ4n) is 0.972. The summed E-state index contributed by atoms with van der Waals surface area (Å²) in [5.74, 6) is 0.205. The maximum atomic E-state index is 9.98. The summed E-state index contributed by atoms with van der Waals surface area (Å²) in [6.45, 7) is 0.326. The second kappa shape index (κ2) is 4.35. The number of amides is 1. The number of carbonyl (C=O) groups is 1. The summed E-state index contributed by atoms with van der Waals surface area (Å²) in [5, 5.41) is 21.1. The maximum absolute atomic E-state index is 9.98. The van der Waals surface area contributed by atoms with E-state index in [1.807, 2.05) is 0 Å². The third kappa shape index (κ3) is 3.46. The Morgan fingerprint density at radius 2 is 2.00 bits per heavy atom. The molecule has 0 unspecified atom stereocenters. The van der Waals surface area contributed by atoms with Crippen LogP contribution in [0.1, 0.15) is 5.56 Å². The van der Waals surface area contributed by atoms with Crippen LogP contribution in [0.4, 0.5) is 4.79 Å². The second-order valence-electron chi connectivity index (χ2n) is 2.63. The Kier molecular flexibility index (Phi) is 3.14. The molecule has 0 saturated heterocycles. The van der Waals surface area contributed by atoms with Crippen molar-refractivity contribution < 1.29 is 15.0 Å². The molecule has 1 rings (SSSR count). The minimum atomic E-state index is -1.27. The van der Waals surface area contributed by atoms with Gasteiger partial charge in [0.2, 0.25) is 0 Å². The first kappa shape index (κ1) is 9.38. The second-order valence-corrected chi connectivity index (χ2v) is 2.63. The van der Waals surface area contributed by atoms with Crippen LogP contribution in [0.2, 0.25) is 0 Å². The third-order valence-electron chi connectivity index (χ3n) is 1.62. The Balaban J connectivity index is 2.37. The van der Waals surface area contributed by atoms with Gasteiger partial charge in [0.25, 0.3) is 0 Å². The van der Waals surface area contributed by atoms with Gasteiger partial charge in [0.1, 0.15) is 11.8 Å². The molecule has 70 valence electrons. The predicted molar refractivity (Wildman–Crippen MR) is 45.2 cm³/mol. The van der Waals surface area contributed by atoms with Crippen molar-refractivity contribution in [3.8, 4) is 5.75 Å². The molecule has 0 fully saturated rings. The van der Waals surface area contributed by atoms with Crippen molar-refractivity contribution in [3.63, 3.8) is 0 Å². The van der Waals surface area contributed by atoms with Gasteiger partial charge < -0.3 is 20.3 Å². The van der Waals surface area contributed by atoms with Crippen molar-refractivity contribution in [2.24, 2.45) is 0 Å². The highest BCUT2D eigenvalue weighted by Gasteiger charge is 1.92. The van der Waals surface area contributed by atoms with Crippen LogP contribution in [0, 0.1) is 0 Å². The SMILES string of the molecule is O=C([O-])NCCc1ccc(O)cc1. The quantitative estimate of drug-likeness (QED) is 0.680. The summed E-state index contributed by atoms with van der Waals surface area (Å²) >= 11 is 0. The summed E-state index contributed by atoms with van der Waals surface area (Å²) in [4.78, 5) is 9.98. The van der Waals surface area contributed by atoms with Crippen molar-refractivity contribution in [1.29, 1.82) is 0 Å². The van der Waals surface area contributed by atoms with Crippen molar-refractivity contribution in [2.45, 2.75) is 6.42 Å². The van der Waals surface area contributed by atoms with Crippen LogP contribution in [0.5, 0.6) is 5.75 Å². The molecule has 0 saturated carbocycles. The Morgan fingerprint density at radius 1 is 1.38 bits per heavy atom. The zero-order valence-corrected chi connectivity index (χ0v) is 6.99. The van der Waals surface area contributed by atoms with Crippen LogP contribution in [0.3, 0.4) is 0 Å². The van der Waals surface area contributed by atoms with E-state index in [1.165, 1.54) is 0 Å².